The van der Waals surface area contributed by atoms with Gasteiger partial charge in [-0.05, 0) is 49.4 Å². The molecule has 0 bridgehead atoms. The van der Waals surface area contributed by atoms with Crippen LogP contribution in [0.3, 0.4) is 0 Å². The Morgan fingerprint density at radius 2 is 1.86 bits per heavy atom. The molecule has 1 aliphatic heterocycles. The number of carbonyl (C=O) groups is 1. The van der Waals surface area contributed by atoms with Gasteiger partial charge in [-0.2, -0.15) is 0 Å². The van der Waals surface area contributed by atoms with Crippen LogP contribution in [-0.4, -0.2) is 60.2 Å². The maximum Gasteiger partial charge on any atom is 0.263 e. The smallest absolute Gasteiger partial charge is 0.263 e. The lowest BCUT2D eigenvalue weighted by Crippen LogP contribution is -2.50. The van der Waals surface area contributed by atoms with Crippen molar-refractivity contribution in [3.05, 3.63) is 66.1 Å². The topological polar surface area (TPSA) is 100 Å². The molecule has 1 amide bonds. The van der Waals surface area contributed by atoms with Crippen LogP contribution in [0, 0.1) is 5.82 Å². The molecule has 12 heteroatoms. The van der Waals surface area contributed by atoms with E-state index in [0.29, 0.717) is 37.1 Å². The Labute approximate surface area is 207 Å². The highest BCUT2D eigenvalue weighted by Crippen LogP contribution is 2.25. The molecule has 0 spiro atoms. The van der Waals surface area contributed by atoms with E-state index in [4.69, 9.17) is 0 Å². The van der Waals surface area contributed by atoms with Crippen molar-refractivity contribution in [3.8, 4) is 0 Å². The molecule has 1 fully saturated rings. The van der Waals surface area contributed by atoms with Crippen molar-refractivity contribution in [2.24, 2.45) is 0 Å². The highest BCUT2D eigenvalue weighted by molar-refractivity contribution is 7.93. The van der Waals surface area contributed by atoms with Gasteiger partial charge in [0, 0.05) is 44.9 Å². The van der Waals surface area contributed by atoms with Crippen molar-refractivity contribution in [3.63, 3.8) is 0 Å². The highest BCUT2D eigenvalue weighted by Gasteiger charge is 2.27. The zero-order chi connectivity index (χ0) is 24.6. The van der Waals surface area contributed by atoms with Gasteiger partial charge in [-0.3, -0.25) is 9.52 Å². The predicted molar refractivity (Wildman–Crippen MR) is 135 cm³/mol. The van der Waals surface area contributed by atoms with Crippen molar-refractivity contribution in [2.75, 3.05) is 35.8 Å². The minimum Gasteiger partial charge on any atom is -0.368 e. The van der Waals surface area contributed by atoms with E-state index in [9.17, 15) is 17.6 Å². The molecule has 3 heterocycles. The molecule has 1 saturated heterocycles. The van der Waals surface area contributed by atoms with Crippen LogP contribution in [0.1, 0.15) is 14.4 Å². The van der Waals surface area contributed by atoms with E-state index in [1.807, 2.05) is 22.5 Å². The highest BCUT2D eigenvalue weighted by atomic mass is 32.2. The molecule has 0 unspecified atom stereocenters. The minimum atomic E-state index is -3.74. The van der Waals surface area contributed by atoms with E-state index < -0.39 is 16.1 Å². The van der Waals surface area contributed by atoms with Gasteiger partial charge in [-0.25, -0.2) is 12.8 Å². The third-order valence-corrected chi connectivity index (χ3v) is 8.26. The summed E-state index contributed by atoms with van der Waals surface area (Å²) in [5.41, 5.74) is 3.03. The van der Waals surface area contributed by atoms with Gasteiger partial charge in [-0.15, -0.1) is 10.2 Å². The molecule has 9 nitrogen and oxygen atoms in total. The molecule has 1 aliphatic rings. The minimum absolute atomic E-state index is 0. The lowest BCUT2D eigenvalue weighted by atomic mass is 10.2. The molecule has 0 saturated carbocycles. The Hall–Kier alpha value is -3.51. The summed E-state index contributed by atoms with van der Waals surface area (Å²) < 4.78 is 43.3. The summed E-state index contributed by atoms with van der Waals surface area (Å²) in [6.07, 6.45) is 1.75. The van der Waals surface area contributed by atoms with Gasteiger partial charge in [0.25, 0.3) is 10.0 Å². The average Bonchev–Trinajstić information content (AvgIpc) is 3.54. The van der Waals surface area contributed by atoms with Crippen LogP contribution in [0.15, 0.2) is 65.1 Å². The molecule has 4 aromatic rings. The number of carbonyl (C=O) groups excluding carboxylic acids is 1. The van der Waals surface area contributed by atoms with E-state index in [0.717, 1.165) is 17.0 Å². The van der Waals surface area contributed by atoms with E-state index in [-0.39, 0.29) is 23.2 Å². The molecule has 0 aliphatic carbocycles. The number of nitrogens with one attached hydrogen (secondary N) is 1. The number of piperazine rings is 1. The summed E-state index contributed by atoms with van der Waals surface area (Å²) >= 11 is 1.10. The van der Waals surface area contributed by atoms with Gasteiger partial charge in [0.1, 0.15) is 17.4 Å². The molecule has 2 aromatic carbocycles. The number of sulfonamides is 1. The van der Waals surface area contributed by atoms with Crippen LogP contribution >= 0.6 is 11.3 Å². The first-order valence-electron chi connectivity index (χ1n) is 11.0. The number of amides is 1. The summed E-state index contributed by atoms with van der Waals surface area (Å²) in [7, 11) is -3.74. The molecule has 5 rings (SSSR count). The van der Waals surface area contributed by atoms with Gasteiger partial charge >= 0.3 is 0 Å². The molecular formula is C23H25FN6O3S2. The van der Waals surface area contributed by atoms with Crippen molar-refractivity contribution in [1.82, 2.24) is 19.7 Å². The number of benzene rings is 2. The fraction of sp³-hybridized carbons (Fsp3) is 0.261. The fourth-order valence-electron chi connectivity index (χ4n) is 4.28. The summed E-state index contributed by atoms with van der Waals surface area (Å²) in [5.74, 6) is -0.320. The maximum atomic E-state index is 14.0. The van der Waals surface area contributed by atoms with Gasteiger partial charge in [0.2, 0.25) is 11.0 Å². The second kappa shape index (κ2) is 9.27. The zero-order valence-corrected chi connectivity index (χ0v) is 20.5. The number of hydrogen-bond donors (Lipinski definition) is 1. The largest absolute Gasteiger partial charge is 0.368 e. The third kappa shape index (κ3) is 4.58. The number of nitrogens with zero attached hydrogens (tertiary/aromatic N) is 5. The summed E-state index contributed by atoms with van der Waals surface area (Å²) in [4.78, 5) is 17.2. The van der Waals surface area contributed by atoms with Crippen molar-refractivity contribution in [2.45, 2.75) is 17.9 Å². The molecule has 1 atom stereocenters. The van der Waals surface area contributed by atoms with Crippen molar-refractivity contribution < 1.29 is 19.0 Å². The van der Waals surface area contributed by atoms with Crippen LogP contribution in [-0.2, 0) is 14.8 Å². The van der Waals surface area contributed by atoms with Crippen LogP contribution < -0.4 is 9.62 Å². The van der Waals surface area contributed by atoms with E-state index in [1.165, 1.54) is 11.6 Å². The van der Waals surface area contributed by atoms with E-state index >= 15 is 0 Å². The quantitative estimate of drug-likeness (QED) is 0.420. The number of fused-ring (bicyclic) bond motifs is 1. The molecule has 0 radical (unpaired) electrons. The normalized spacial score (nSPS) is 15.4. The third-order valence-electron chi connectivity index (χ3n) is 6.17. The second-order valence-electron chi connectivity index (χ2n) is 8.23. The monoisotopic (exact) mass is 516 g/mol. The average molecular weight is 517 g/mol. The van der Waals surface area contributed by atoms with Gasteiger partial charge in [0.15, 0.2) is 0 Å². The Morgan fingerprint density at radius 1 is 1.11 bits per heavy atom. The molecule has 2 aromatic heterocycles. The van der Waals surface area contributed by atoms with E-state index in [2.05, 4.69) is 19.8 Å². The number of hydrogen-bond acceptors (Lipinski definition) is 7. The van der Waals surface area contributed by atoms with E-state index in [1.54, 1.807) is 42.6 Å². The number of aromatic nitrogens is 3. The molecular weight excluding hydrogens is 491 g/mol. The van der Waals surface area contributed by atoms with Gasteiger partial charge in [-0.1, -0.05) is 17.4 Å². The molecule has 35 heavy (non-hydrogen) atoms. The van der Waals surface area contributed by atoms with Crippen LogP contribution in [0.4, 0.5) is 15.2 Å². The zero-order valence-electron chi connectivity index (χ0n) is 18.8. The first kappa shape index (κ1) is 23.2. The number of anilines is 2. The SMILES string of the molecule is C[C@@H](C(=O)N1CCN(c2ccc(S(=O)(=O)Nc3nncs3)cc2)CC1)n1ccc2c(F)cccc21.[HH]. The van der Waals surface area contributed by atoms with Crippen LogP contribution in [0.25, 0.3) is 10.9 Å². The van der Waals surface area contributed by atoms with Crippen molar-refractivity contribution >= 4 is 49.0 Å². The predicted octanol–water partition coefficient (Wildman–Crippen LogP) is 3.59. The molecule has 1 N–H and O–H groups in total. The summed E-state index contributed by atoms with van der Waals surface area (Å²) in [5, 5.41) is 8.04. The lowest BCUT2D eigenvalue weighted by Gasteiger charge is -2.37. The standard InChI is InChI=1S/C23H23FN6O3S2.H2/c1-16(30-10-9-19-20(24)3-2-4-21(19)30)22(31)29-13-11-28(12-14-29)17-5-7-18(8-6-17)35(32,33)27-23-26-25-15-34-23;/h2-10,15-16H,11-14H2,1H3,(H,26,27);1H/t16-;/m0./s1. The molecule has 184 valence electrons. The Morgan fingerprint density at radius 3 is 2.54 bits per heavy atom. The van der Waals surface area contributed by atoms with Gasteiger partial charge in [0.05, 0.1) is 10.4 Å². The van der Waals surface area contributed by atoms with Gasteiger partial charge < -0.3 is 14.4 Å². The lowest BCUT2D eigenvalue weighted by molar-refractivity contribution is -0.134. The Balaban J connectivity index is 0.00000304. The Bertz CT molecular complexity index is 1450. The number of rotatable bonds is 6. The maximum absolute atomic E-state index is 14.0. The summed E-state index contributed by atoms with van der Waals surface area (Å²) in [6, 6.07) is 12.7. The first-order chi connectivity index (χ1) is 16.8. The summed E-state index contributed by atoms with van der Waals surface area (Å²) in [6.45, 7) is 4.14. The Kier molecular flexibility index (Phi) is 6.15. The van der Waals surface area contributed by atoms with Crippen molar-refractivity contribution in [1.29, 1.82) is 0 Å². The van der Waals surface area contributed by atoms with Crippen LogP contribution in [0.2, 0.25) is 0 Å². The second-order valence-corrected chi connectivity index (χ2v) is 10.7. The first-order valence-corrected chi connectivity index (χ1v) is 13.4. The van der Waals surface area contributed by atoms with Crippen LogP contribution in [0.5, 0.6) is 0 Å². The number of halogens is 1. The fourth-order valence-corrected chi connectivity index (χ4v) is 5.98.